The number of benzene rings is 2. The molecule has 2 aromatic rings. The summed E-state index contributed by atoms with van der Waals surface area (Å²) in [5.74, 6) is 0. The van der Waals surface area contributed by atoms with Gasteiger partial charge in [-0.1, -0.05) is 54.1 Å². The van der Waals surface area contributed by atoms with Crippen LogP contribution in [0.15, 0.2) is 65.3 Å². The quantitative estimate of drug-likeness (QED) is 0.766. The summed E-state index contributed by atoms with van der Waals surface area (Å²) < 4.78 is 1.31. The molecule has 0 saturated carbocycles. The number of hydrogen-bond donors (Lipinski definition) is 2. The number of halogens is 2. The van der Waals surface area contributed by atoms with Crippen molar-refractivity contribution in [2.24, 2.45) is 4.99 Å². The van der Waals surface area contributed by atoms with Gasteiger partial charge in [-0.2, -0.15) is 0 Å². The first kappa shape index (κ1) is 15.3. The van der Waals surface area contributed by atoms with Crippen LogP contribution in [0.5, 0.6) is 0 Å². The lowest BCUT2D eigenvalue weighted by Crippen LogP contribution is -2.34. The number of aliphatic hydroxyl groups is 1. The van der Waals surface area contributed by atoms with Crippen LogP contribution in [0.1, 0.15) is 5.56 Å². The molecule has 1 unspecified atom stereocenters. The second-order valence-corrected chi connectivity index (χ2v) is 6.21. The van der Waals surface area contributed by atoms with E-state index in [0.29, 0.717) is 16.3 Å². The van der Waals surface area contributed by atoms with E-state index in [0.717, 1.165) is 21.7 Å². The van der Waals surface area contributed by atoms with E-state index < -0.39 is 6.23 Å². The molecular weight excluding hydrogens is 345 g/mol. The average Bonchev–Trinajstić information content (AvgIpc) is 2.71. The summed E-state index contributed by atoms with van der Waals surface area (Å²) in [5, 5.41) is 16.3. The van der Waals surface area contributed by atoms with Gasteiger partial charge in [0.1, 0.15) is 0 Å². The summed E-state index contributed by atoms with van der Waals surface area (Å²) in [7, 11) is 0. The highest BCUT2D eigenvalue weighted by Crippen LogP contribution is 2.31. The lowest BCUT2D eigenvalue weighted by molar-refractivity contribution is 0.137. The first-order chi connectivity index (χ1) is 11.7. The predicted octanol–water partition coefficient (Wildman–Crippen LogP) is 1.91. The van der Waals surface area contributed by atoms with Gasteiger partial charge >= 0.3 is 0 Å². The number of nitrogens with one attached hydrogen (secondary N) is 1. The van der Waals surface area contributed by atoms with Gasteiger partial charge in [0, 0.05) is 44.6 Å². The molecule has 4 rings (SSSR count). The molecule has 24 heavy (non-hydrogen) atoms. The average molecular weight is 358 g/mol. The number of nitrogens with zero attached hydrogens (tertiary/aromatic N) is 2. The predicted molar refractivity (Wildman–Crippen MR) is 96.5 cm³/mol. The Hall–Kier alpha value is -2.27. The van der Waals surface area contributed by atoms with Gasteiger partial charge in [-0.05, 0) is 6.07 Å². The van der Waals surface area contributed by atoms with Crippen molar-refractivity contribution < 1.29 is 5.11 Å². The summed E-state index contributed by atoms with van der Waals surface area (Å²) in [6, 6.07) is 15.2. The summed E-state index contributed by atoms with van der Waals surface area (Å²) in [6.07, 6.45) is 2.13. The lowest BCUT2D eigenvalue weighted by Gasteiger charge is -2.27. The number of hydrogen-bond acceptors (Lipinski definition) is 4. The smallest absolute Gasteiger partial charge is 0.171 e. The van der Waals surface area contributed by atoms with Gasteiger partial charge < -0.3 is 10.4 Å². The van der Waals surface area contributed by atoms with Gasteiger partial charge in [-0.3, -0.25) is 4.42 Å². The normalized spacial score (nSPS) is 19.2. The largest absolute Gasteiger partial charge is 0.368 e. The van der Waals surface area contributed by atoms with Crippen molar-refractivity contribution in [1.82, 2.24) is 9.74 Å². The highest BCUT2D eigenvalue weighted by molar-refractivity contribution is 6.32. The maximum absolute atomic E-state index is 10.8. The van der Waals surface area contributed by atoms with E-state index in [1.165, 1.54) is 4.42 Å². The molecule has 0 aromatic heterocycles. The highest BCUT2D eigenvalue weighted by Gasteiger charge is 2.29. The summed E-state index contributed by atoms with van der Waals surface area (Å²) in [5.41, 5.74) is 2.78. The monoisotopic (exact) mass is 357 g/mol. The van der Waals surface area contributed by atoms with Crippen LogP contribution in [0.3, 0.4) is 0 Å². The fraction of sp³-hybridized carbons (Fsp3) is 0.0556. The van der Waals surface area contributed by atoms with Crippen LogP contribution in [0.25, 0.3) is 11.4 Å². The molecule has 1 atom stereocenters. The third-order valence-corrected chi connectivity index (χ3v) is 4.76. The second kappa shape index (κ2) is 5.98. The van der Waals surface area contributed by atoms with E-state index in [4.69, 9.17) is 23.4 Å². The van der Waals surface area contributed by atoms with Gasteiger partial charge in [0.05, 0.1) is 17.7 Å². The molecule has 2 aliphatic heterocycles. The molecule has 2 aliphatic rings. The first-order valence-electron chi connectivity index (χ1n) is 7.39. The Morgan fingerprint density at radius 3 is 2.54 bits per heavy atom. The molecule has 0 spiro atoms. The number of aliphatic imine (C=N–C) groups is 1. The van der Waals surface area contributed by atoms with E-state index in [-0.39, 0.29) is 0 Å². The molecule has 0 aliphatic carbocycles. The minimum atomic E-state index is -1.06. The van der Waals surface area contributed by atoms with Crippen molar-refractivity contribution in [3.05, 3.63) is 81.3 Å². The fourth-order valence-corrected chi connectivity index (χ4v) is 3.49. The van der Waals surface area contributed by atoms with Crippen LogP contribution in [0.2, 0.25) is 5.02 Å². The summed E-state index contributed by atoms with van der Waals surface area (Å²) in [6.45, 7) is 0. The van der Waals surface area contributed by atoms with Crippen molar-refractivity contribution in [1.29, 1.82) is 0 Å². The van der Waals surface area contributed by atoms with Gasteiger partial charge in [0.25, 0.3) is 0 Å². The minimum absolute atomic E-state index is 0.563. The Balaban J connectivity index is 2.18. The van der Waals surface area contributed by atoms with Gasteiger partial charge in [0.15, 0.2) is 6.23 Å². The molecule has 0 fully saturated rings. The topological polar surface area (TPSA) is 47.9 Å². The minimum Gasteiger partial charge on any atom is -0.368 e. The summed E-state index contributed by atoms with van der Waals surface area (Å²) in [4.78, 5) is 4.08. The third kappa shape index (κ3) is 2.31. The van der Waals surface area contributed by atoms with E-state index in [1.54, 1.807) is 18.6 Å². The zero-order chi connectivity index (χ0) is 16.7. The Labute approximate surface area is 148 Å². The molecule has 0 bridgehead atoms. The van der Waals surface area contributed by atoms with Gasteiger partial charge in [0.2, 0.25) is 0 Å². The van der Waals surface area contributed by atoms with Crippen molar-refractivity contribution >= 4 is 41.1 Å². The van der Waals surface area contributed by atoms with Crippen LogP contribution in [0, 0.1) is 0 Å². The second-order valence-electron chi connectivity index (χ2n) is 5.44. The van der Waals surface area contributed by atoms with Crippen molar-refractivity contribution in [3.63, 3.8) is 0 Å². The molecule has 2 N–H and O–H groups in total. The fourth-order valence-electron chi connectivity index (χ4n) is 2.98. The summed E-state index contributed by atoms with van der Waals surface area (Å²) >= 11 is 12.9. The van der Waals surface area contributed by atoms with E-state index in [2.05, 4.69) is 10.3 Å². The molecule has 2 aromatic carbocycles. The van der Waals surface area contributed by atoms with E-state index >= 15 is 0 Å². The van der Waals surface area contributed by atoms with Gasteiger partial charge in [-0.25, -0.2) is 4.99 Å². The maximum atomic E-state index is 10.8. The Kier molecular flexibility index (Phi) is 3.81. The van der Waals surface area contributed by atoms with Crippen LogP contribution in [-0.4, -0.2) is 22.1 Å². The third-order valence-electron chi connectivity index (χ3n) is 4.07. The highest BCUT2D eigenvalue weighted by atomic mass is 35.5. The number of fused-ring (bicyclic) bond motifs is 2. The van der Waals surface area contributed by atoms with Crippen LogP contribution in [-0.2, 0) is 0 Å². The van der Waals surface area contributed by atoms with Crippen molar-refractivity contribution in [2.75, 3.05) is 0 Å². The molecule has 120 valence electrons. The van der Waals surface area contributed by atoms with Crippen LogP contribution < -0.4 is 15.8 Å². The Morgan fingerprint density at radius 1 is 1.04 bits per heavy atom. The van der Waals surface area contributed by atoms with E-state index in [9.17, 15) is 5.11 Å². The molecule has 2 heterocycles. The Morgan fingerprint density at radius 2 is 1.75 bits per heavy atom. The first-order valence-corrected chi connectivity index (χ1v) is 8.10. The number of rotatable bonds is 1. The molecule has 4 nitrogen and oxygen atoms in total. The standard InChI is InChI=1S/C18H13Cl2N3O/c19-15-8-4-3-7-13(15)17-12-6-2-1-5-11(12)16-14(9-21-10-22-16)18(24)23(17)20/h1-10,18,24H,(H,21,22). The van der Waals surface area contributed by atoms with Gasteiger partial charge in [-0.15, -0.1) is 0 Å². The van der Waals surface area contributed by atoms with Crippen LogP contribution >= 0.6 is 23.4 Å². The zero-order valence-corrected chi connectivity index (χ0v) is 14.0. The molecular formula is C18H13Cl2N3O. The molecule has 0 saturated heterocycles. The van der Waals surface area contributed by atoms with E-state index in [1.807, 2.05) is 42.5 Å². The zero-order valence-electron chi connectivity index (χ0n) is 12.4. The SMILES string of the molecule is OC1C2=CN=CNC2=c2ccccc2=C(c2ccccc2Cl)N1Cl. The maximum Gasteiger partial charge on any atom is 0.171 e. The molecule has 6 heteroatoms. The van der Waals surface area contributed by atoms with Crippen molar-refractivity contribution in [3.8, 4) is 0 Å². The molecule has 0 amide bonds. The Bertz CT molecular complexity index is 997. The molecule has 0 radical (unpaired) electrons. The number of aliphatic hydroxyl groups excluding tert-OH is 1. The lowest BCUT2D eigenvalue weighted by atomic mass is 10.1. The van der Waals surface area contributed by atoms with Crippen LogP contribution in [0.4, 0.5) is 0 Å². The van der Waals surface area contributed by atoms with Crippen molar-refractivity contribution in [2.45, 2.75) is 6.23 Å².